The van der Waals surface area contributed by atoms with Gasteiger partial charge in [-0.25, -0.2) is 0 Å². The average Bonchev–Trinajstić information content (AvgIpc) is 2.77. The van der Waals surface area contributed by atoms with Gasteiger partial charge in [-0.15, -0.1) is 0 Å². The van der Waals surface area contributed by atoms with Crippen LogP contribution in [-0.4, -0.2) is 26.9 Å². The Morgan fingerprint density at radius 2 is 1.93 bits per heavy atom. The molecule has 2 aromatic carbocycles. The molecule has 1 aliphatic rings. The summed E-state index contributed by atoms with van der Waals surface area (Å²) in [6.45, 7) is 4.54. The van der Waals surface area contributed by atoms with Crippen LogP contribution in [-0.2, 0) is 6.54 Å². The predicted octanol–water partition coefficient (Wildman–Crippen LogP) is 4.39. The number of ether oxygens (including phenoxy) is 4. The number of nitrogens with one attached hydrogen (secondary N) is 1. The van der Waals surface area contributed by atoms with Gasteiger partial charge >= 0.3 is 0 Å². The van der Waals surface area contributed by atoms with Gasteiger partial charge in [0.2, 0.25) is 0 Å². The van der Waals surface area contributed by atoms with Crippen molar-refractivity contribution in [1.29, 1.82) is 5.26 Å². The highest BCUT2D eigenvalue weighted by molar-refractivity contribution is 5.45. The number of methoxy groups -OCH3 is 1. The van der Waals surface area contributed by atoms with Crippen molar-refractivity contribution in [3.05, 3.63) is 47.5 Å². The molecule has 0 amide bonds. The van der Waals surface area contributed by atoms with Crippen LogP contribution in [0.15, 0.2) is 36.4 Å². The molecule has 1 unspecified atom stereocenters. The molecule has 0 aromatic heterocycles. The molecule has 2 aromatic rings. The highest BCUT2D eigenvalue weighted by Gasteiger charge is 2.16. The molecule has 0 saturated heterocycles. The number of unbranched alkanes of at least 4 members (excludes halogenated alkanes) is 1. The number of nitrogens with zero attached hydrogens (tertiary/aromatic N) is 1. The van der Waals surface area contributed by atoms with Crippen LogP contribution >= 0.6 is 0 Å². The number of hydrogen-bond acceptors (Lipinski definition) is 6. The Morgan fingerprint density at radius 1 is 1.10 bits per heavy atom. The van der Waals surface area contributed by atoms with Crippen LogP contribution in [0.1, 0.15) is 43.4 Å². The lowest BCUT2D eigenvalue weighted by Crippen LogP contribution is -2.21. The van der Waals surface area contributed by atoms with Gasteiger partial charge in [0, 0.05) is 19.0 Å². The molecule has 1 aliphatic heterocycles. The highest BCUT2D eigenvalue weighted by Crippen LogP contribution is 2.34. The van der Waals surface area contributed by atoms with E-state index in [1.54, 1.807) is 7.11 Å². The first-order chi connectivity index (χ1) is 14.2. The Bertz CT molecular complexity index is 847. The average molecular weight is 396 g/mol. The normalized spacial score (nSPS) is 13.4. The molecule has 6 nitrogen and oxygen atoms in total. The fraction of sp³-hybridized carbons (Fsp3) is 0.435. The molecule has 0 spiro atoms. The van der Waals surface area contributed by atoms with Gasteiger partial charge in [-0.3, -0.25) is 0 Å². The standard InChI is InChI=1S/C23H28N2O4/c1-3-19(18-7-9-21-23(15-18)29-13-12-28-21)25-16-17-6-8-20(26-2)22(14-17)27-11-5-4-10-24/h6-9,14-15,19,25H,3-5,11-13,16H2,1-2H3. The van der Waals surface area contributed by atoms with Crippen LogP contribution in [0.4, 0.5) is 0 Å². The fourth-order valence-corrected chi connectivity index (χ4v) is 3.29. The van der Waals surface area contributed by atoms with Crippen LogP contribution < -0.4 is 24.3 Å². The largest absolute Gasteiger partial charge is 0.493 e. The zero-order valence-corrected chi connectivity index (χ0v) is 17.1. The number of fused-ring (bicyclic) bond motifs is 1. The minimum Gasteiger partial charge on any atom is -0.493 e. The molecular weight excluding hydrogens is 368 g/mol. The third-order valence-electron chi connectivity index (χ3n) is 4.85. The Hall–Kier alpha value is -2.91. The van der Waals surface area contributed by atoms with Crippen molar-refractivity contribution in [1.82, 2.24) is 5.32 Å². The van der Waals surface area contributed by atoms with E-state index in [0.717, 1.165) is 23.5 Å². The zero-order valence-electron chi connectivity index (χ0n) is 17.1. The summed E-state index contributed by atoms with van der Waals surface area (Å²) in [5.41, 5.74) is 2.29. The topological polar surface area (TPSA) is 72.7 Å². The van der Waals surface area contributed by atoms with E-state index in [9.17, 15) is 0 Å². The third kappa shape index (κ3) is 5.55. The van der Waals surface area contributed by atoms with E-state index in [4.69, 9.17) is 24.2 Å². The number of nitriles is 1. The van der Waals surface area contributed by atoms with Gasteiger partial charge in [0.25, 0.3) is 0 Å². The van der Waals surface area contributed by atoms with Gasteiger partial charge in [-0.05, 0) is 48.2 Å². The summed E-state index contributed by atoms with van der Waals surface area (Å²) in [7, 11) is 1.63. The number of benzene rings is 2. The maximum absolute atomic E-state index is 8.66. The summed E-state index contributed by atoms with van der Waals surface area (Å²) in [5, 5.41) is 12.3. The maximum Gasteiger partial charge on any atom is 0.161 e. The van der Waals surface area contributed by atoms with E-state index < -0.39 is 0 Å². The van der Waals surface area contributed by atoms with Gasteiger partial charge in [0.15, 0.2) is 23.0 Å². The van der Waals surface area contributed by atoms with E-state index in [1.165, 1.54) is 5.56 Å². The zero-order chi connectivity index (χ0) is 20.5. The minimum absolute atomic E-state index is 0.202. The molecule has 29 heavy (non-hydrogen) atoms. The quantitative estimate of drug-likeness (QED) is 0.601. The summed E-state index contributed by atoms with van der Waals surface area (Å²) >= 11 is 0. The highest BCUT2D eigenvalue weighted by atomic mass is 16.6. The van der Waals surface area contributed by atoms with E-state index in [2.05, 4.69) is 30.4 Å². The van der Waals surface area contributed by atoms with E-state index >= 15 is 0 Å². The van der Waals surface area contributed by atoms with Gasteiger partial charge < -0.3 is 24.3 Å². The van der Waals surface area contributed by atoms with Gasteiger partial charge in [0.05, 0.1) is 19.8 Å². The second kappa shape index (κ2) is 10.6. The second-order valence-electron chi connectivity index (χ2n) is 6.84. The molecule has 6 heteroatoms. The number of rotatable bonds is 10. The molecule has 0 saturated carbocycles. The molecule has 154 valence electrons. The monoisotopic (exact) mass is 396 g/mol. The first-order valence-electron chi connectivity index (χ1n) is 10.0. The van der Waals surface area contributed by atoms with Crippen molar-refractivity contribution < 1.29 is 18.9 Å². The lowest BCUT2D eigenvalue weighted by Gasteiger charge is -2.22. The first kappa shape index (κ1) is 20.8. The van der Waals surface area contributed by atoms with Crippen molar-refractivity contribution in [3.63, 3.8) is 0 Å². The Morgan fingerprint density at radius 3 is 2.69 bits per heavy atom. The summed E-state index contributed by atoms with van der Waals surface area (Å²) < 4.78 is 22.5. The Labute approximate surface area is 172 Å². The summed E-state index contributed by atoms with van der Waals surface area (Å²) in [5.74, 6) is 3.02. The van der Waals surface area contributed by atoms with Gasteiger partial charge in [-0.1, -0.05) is 19.1 Å². The summed E-state index contributed by atoms with van der Waals surface area (Å²) in [4.78, 5) is 0. The Balaban J connectivity index is 1.65. The molecule has 1 heterocycles. The maximum atomic E-state index is 8.66. The lowest BCUT2D eigenvalue weighted by atomic mass is 10.0. The molecule has 0 radical (unpaired) electrons. The van der Waals surface area contributed by atoms with Crippen molar-refractivity contribution in [2.45, 2.75) is 38.8 Å². The van der Waals surface area contributed by atoms with Crippen molar-refractivity contribution in [3.8, 4) is 29.1 Å². The molecule has 3 rings (SSSR count). The second-order valence-corrected chi connectivity index (χ2v) is 6.84. The van der Waals surface area contributed by atoms with E-state index in [1.807, 2.05) is 24.3 Å². The molecule has 0 fully saturated rings. The van der Waals surface area contributed by atoms with Gasteiger partial charge in [0.1, 0.15) is 13.2 Å². The first-order valence-corrected chi connectivity index (χ1v) is 10.0. The minimum atomic E-state index is 0.202. The Kier molecular flexibility index (Phi) is 7.60. The predicted molar refractivity (Wildman–Crippen MR) is 111 cm³/mol. The third-order valence-corrected chi connectivity index (χ3v) is 4.85. The van der Waals surface area contributed by atoms with Crippen molar-refractivity contribution in [2.75, 3.05) is 26.9 Å². The molecule has 1 atom stereocenters. The van der Waals surface area contributed by atoms with Crippen LogP contribution in [0.2, 0.25) is 0 Å². The summed E-state index contributed by atoms with van der Waals surface area (Å²) in [6.07, 6.45) is 2.13. The molecular formula is C23H28N2O4. The van der Waals surface area contributed by atoms with Crippen LogP contribution in [0.3, 0.4) is 0 Å². The van der Waals surface area contributed by atoms with Crippen LogP contribution in [0.25, 0.3) is 0 Å². The number of hydrogen-bond donors (Lipinski definition) is 1. The van der Waals surface area contributed by atoms with Crippen LogP contribution in [0.5, 0.6) is 23.0 Å². The molecule has 0 bridgehead atoms. The van der Waals surface area contributed by atoms with Crippen molar-refractivity contribution >= 4 is 0 Å². The van der Waals surface area contributed by atoms with Gasteiger partial charge in [-0.2, -0.15) is 5.26 Å². The smallest absolute Gasteiger partial charge is 0.161 e. The summed E-state index contributed by atoms with van der Waals surface area (Å²) in [6, 6.07) is 14.4. The van der Waals surface area contributed by atoms with E-state index in [-0.39, 0.29) is 6.04 Å². The van der Waals surface area contributed by atoms with Crippen molar-refractivity contribution in [2.24, 2.45) is 0 Å². The van der Waals surface area contributed by atoms with Crippen LogP contribution in [0, 0.1) is 11.3 Å². The molecule has 1 N–H and O–H groups in total. The lowest BCUT2D eigenvalue weighted by molar-refractivity contribution is 0.171. The fourth-order valence-electron chi connectivity index (χ4n) is 3.29. The van der Waals surface area contributed by atoms with E-state index in [0.29, 0.717) is 50.7 Å². The molecule has 0 aliphatic carbocycles. The SMILES string of the molecule is CCC(NCc1ccc(OC)c(OCCCC#N)c1)c1ccc2c(c1)OCCO2.